The Morgan fingerprint density at radius 2 is 2.40 bits per heavy atom. The van der Waals surface area contributed by atoms with E-state index in [4.69, 9.17) is 4.52 Å². The largest absolute Gasteiger partial charge is 0.329 e. The van der Waals surface area contributed by atoms with Gasteiger partial charge in [-0.25, -0.2) is 0 Å². The van der Waals surface area contributed by atoms with Gasteiger partial charge in [-0.2, -0.15) is 0 Å². The standard InChI is InChI=1S/C6H5N3O/c1-2-4-7-6-5(3-1)8-9-10-6/h1-4,7H. The van der Waals surface area contributed by atoms with E-state index in [2.05, 4.69) is 15.7 Å². The van der Waals surface area contributed by atoms with E-state index in [0.717, 1.165) is 5.69 Å². The van der Waals surface area contributed by atoms with E-state index in [0.29, 0.717) is 5.88 Å². The van der Waals surface area contributed by atoms with Gasteiger partial charge in [0.15, 0.2) is 5.69 Å². The number of nitrogens with one attached hydrogen (secondary N) is 1. The van der Waals surface area contributed by atoms with Crippen LogP contribution in [-0.2, 0) is 0 Å². The number of fused-ring (bicyclic) bond motifs is 1. The zero-order chi connectivity index (χ0) is 6.81. The average Bonchev–Trinajstić information content (AvgIpc) is 2.28. The molecule has 0 radical (unpaired) electrons. The van der Waals surface area contributed by atoms with Gasteiger partial charge in [-0.05, 0) is 12.2 Å². The number of allylic oxidation sites excluding steroid dienone is 2. The third-order valence-electron chi connectivity index (χ3n) is 1.19. The minimum absolute atomic E-state index is 0.588. The molecule has 1 aromatic heterocycles. The first-order valence-electron chi connectivity index (χ1n) is 2.89. The van der Waals surface area contributed by atoms with Crippen molar-refractivity contribution in [3.63, 3.8) is 0 Å². The summed E-state index contributed by atoms with van der Waals surface area (Å²) in [6.07, 6.45) is 7.30. The molecule has 0 atom stereocenters. The molecule has 1 aromatic rings. The molecule has 0 saturated carbocycles. The van der Waals surface area contributed by atoms with Crippen molar-refractivity contribution in [2.45, 2.75) is 0 Å². The molecule has 0 aromatic carbocycles. The maximum atomic E-state index is 4.76. The maximum Gasteiger partial charge on any atom is 0.256 e. The molecule has 1 N–H and O–H groups in total. The Hall–Kier alpha value is -1.58. The van der Waals surface area contributed by atoms with Gasteiger partial charge in [-0.1, -0.05) is 6.08 Å². The summed E-state index contributed by atoms with van der Waals surface area (Å²) in [5.41, 5.74) is 0.727. The number of hydrogen-bond donors (Lipinski definition) is 1. The molecule has 1 aliphatic heterocycles. The molecule has 0 fully saturated rings. The lowest BCUT2D eigenvalue weighted by molar-refractivity contribution is 0.406. The van der Waals surface area contributed by atoms with Crippen molar-refractivity contribution in [2.24, 2.45) is 0 Å². The fraction of sp³-hybridized carbons (Fsp3) is 0. The van der Waals surface area contributed by atoms with Crippen molar-refractivity contribution in [2.75, 3.05) is 5.32 Å². The molecule has 0 spiro atoms. The van der Waals surface area contributed by atoms with Crippen LogP contribution in [0.25, 0.3) is 6.08 Å². The number of hydrogen-bond acceptors (Lipinski definition) is 4. The molecule has 4 heteroatoms. The third-order valence-corrected chi connectivity index (χ3v) is 1.19. The zero-order valence-corrected chi connectivity index (χ0v) is 5.11. The third kappa shape index (κ3) is 0.699. The molecular formula is C6H5N3O. The minimum atomic E-state index is 0.588. The van der Waals surface area contributed by atoms with E-state index in [9.17, 15) is 0 Å². The molecule has 2 rings (SSSR count). The number of anilines is 1. The topological polar surface area (TPSA) is 51.0 Å². The van der Waals surface area contributed by atoms with Gasteiger partial charge in [0, 0.05) is 11.5 Å². The Kier molecular flexibility index (Phi) is 1.04. The monoisotopic (exact) mass is 135 g/mol. The van der Waals surface area contributed by atoms with Crippen molar-refractivity contribution in [1.29, 1.82) is 0 Å². The van der Waals surface area contributed by atoms with E-state index in [1.54, 1.807) is 6.20 Å². The fourth-order valence-electron chi connectivity index (χ4n) is 0.733. The molecular weight excluding hydrogens is 130 g/mol. The van der Waals surface area contributed by atoms with E-state index in [-0.39, 0.29) is 0 Å². The molecule has 0 unspecified atom stereocenters. The van der Waals surface area contributed by atoms with Crippen LogP contribution in [-0.4, -0.2) is 10.4 Å². The van der Waals surface area contributed by atoms with Crippen LogP contribution in [0, 0.1) is 0 Å². The Labute approximate surface area is 57.2 Å². The average molecular weight is 135 g/mol. The van der Waals surface area contributed by atoms with Gasteiger partial charge in [0.05, 0.1) is 0 Å². The normalized spacial score (nSPS) is 14.0. The van der Waals surface area contributed by atoms with Crippen LogP contribution < -0.4 is 5.32 Å². The number of nitrogens with zero attached hydrogens (tertiary/aromatic N) is 2. The van der Waals surface area contributed by atoms with Gasteiger partial charge in [0.2, 0.25) is 0 Å². The van der Waals surface area contributed by atoms with E-state index >= 15 is 0 Å². The molecule has 1 aliphatic rings. The van der Waals surface area contributed by atoms with Crippen molar-refractivity contribution >= 4 is 12.0 Å². The summed E-state index contributed by atoms with van der Waals surface area (Å²) in [4.78, 5) is 0. The highest BCUT2D eigenvalue weighted by Crippen LogP contribution is 2.14. The first-order valence-corrected chi connectivity index (χ1v) is 2.89. The molecule has 0 saturated heterocycles. The predicted molar refractivity (Wildman–Crippen MR) is 36.1 cm³/mol. The second-order valence-electron chi connectivity index (χ2n) is 1.85. The van der Waals surface area contributed by atoms with E-state index in [1.807, 2.05) is 18.2 Å². The zero-order valence-electron chi connectivity index (χ0n) is 5.11. The summed E-state index contributed by atoms with van der Waals surface area (Å²) in [7, 11) is 0. The van der Waals surface area contributed by atoms with Gasteiger partial charge in [0.25, 0.3) is 5.88 Å². The van der Waals surface area contributed by atoms with Gasteiger partial charge in [-0.3, -0.25) is 0 Å². The minimum Gasteiger partial charge on any atom is -0.329 e. The summed E-state index contributed by atoms with van der Waals surface area (Å²) in [5.74, 6) is 0.588. The van der Waals surface area contributed by atoms with Crippen molar-refractivity contribution in [1.82, 2.24) is 10.4 Å². The summed E-state index contributed by atoms with van der Waals surface area (Å²) in [6.45, 7) is 0. The lowest BCUT2D eigenvalue weighted by atomic mass is 10.4. The van der Waals surface area contributed by atoms with Gasteiger partial charge in [-0.15, -0.1) is 5.10 Å². The van der Waals surface area contributed by atoms with E-state index < -0.39 is 0 Å². The van der Waals surface area contributed by atoms with Crippen LogP contribution in [0.5, 0.6) is 0 Å². The van der Waals surface area contributed by atoms with Crippen LogP contribution in [0.3, 0.4) is 0 Å². The first-order chi connectivity index (χ1) is 4.97. The first kappa shape index (κ1) is 5.22. The molecule has 0 bridgehead atoms. The lowest BCUT2D eigenvalue weighted by Crippen LogP contribution is -1.84. The Morgan fingerprint density at radius 3 is 3.40 bits per heavy atom. The van der Waals surface area contributed by atoms with Crippen molar-refractivity contribution in [3.8, 4) is 0 Å². The highest BCUT2D eigenvalue weighted by atomic mass is 16.5. The molecule has 0 amide bonds. The quantitative estimate of drug-likeness (QED) is 0.577. The highest BCUT2D eigenvalue weighted by molar-refractivity contribution is 5.60. The summed E-state index contributed by atoms with van der Waals surface area (Å²) >= 11 is 0. The molecule has 0 aliphatic carbocycles. The molecule has 4 nitrogen and oxygen atoms in total. The molecule has 2 heterocycles. The van der Waals surface area contributed by atoms with Crippen LogP contribution in [0.2, 0.25) is 0 Å². The van der Waals surface area contributed by atoms with Crippen LogP contribution in [0.15, 0.2) is 22.9 Å². The number of aromatic nitrogens is 2. The molecule has 50 valence electrons. The smallest absolute Gasteiger partial charge is 0.256 e. The van der Waals surface area contributed by atoms with Gasteiger partial charge in [0.1, 0.15) is 0 Å². The predicted octanol–water partition coefficient (Wildman–Crippen LogP) is 1.02. The maximum absolute atomic E-state index is 4.76. The fourth-order valence-corrected chi connectivity index (χ4v) is 0.733. The second-order valence-corrected chi connectivity index (χ2v) is 1.85. The van der Waals surface area contributed by atoms with Crippen LogP contribution in [0.1, 0.15) is 5.69 Å². The summed E-state index contributed by atoms with van der Waals surface area (Å²) < 4.78 is 4.76. The molecule has 10 heavy (non-hydrogen) atoms. The Bertz CT molecular complexity index is 287. The van der Waals surface area contributed by atoms with Gasteiger partial charge >= 0.3 is 0 Å². The SMILES string of the molecule is C1=CNc2onnc2C=C1. The summed E-state index contributed by atoms with van der Waals surface area (Å²) in [6, 6.07) is 0. The van der Waals surface area contributed by atoms with E-state index in [1.165, 1.54) is 0 Å². The number of rotatable bonds is 0. The van der Waals surface area contributed by atoms with Gasteiger partial charge < -0.3 is 9.84 Å². The lowest BCUT2D eigenvalue weighted by Gasteiger charge is -1.88. The van der Waals surface area contributed by atoms with Crippen LogP contribution in [0.4, 0.5) is 5.88 Å². The van der Waals surface area contributed by atoms with Crippen molar-refractivity contribution in [3.05, 3.63) is 24.0 Å². The Morgan fingerprint density at radius 1 is 1.40 bits per heavy atom. The Balaban J connectivity index is 2.50. The summed E-state index contributed by atoms with van der Waals surface area (Å²) in [5, 5.41) is 9.95. The van der Waals surface area contributed by atoms with Crippen molar-refractivity contribution < 1.29 is 4.52 Å². The van der Waals surface area contributed by atoms with Crippen LogP contribution >= 0.6 is 0 Å². The highest BCUT2D eigenvalue weighted by Gasteiger charge is 2.04. The second kappa shape index (κ2) is 1.98.